The molecule has 0 aliphatic rings. The van der Waals surface area contributed by atoms with E-state index in [1.807, 2.05) is 26.0 Å². The summed E-state index contributed by atoms with van der Waals surface area (Å²) in [5.41, 5.74) is 8.55. The minimum Gasteiger partial charge on any atom is -0.493 e. The molecule has 0 bridgehead atoms. The number of ether oxygens (including phenoxy) is 1. The zero-order chi connectivity index (χ0) is 14.7. The van der Waals surface area contributed by atoms with Gasteiger partial charge in [0.2, 0.25) is 0 Å². The second kappa shape index (κ2) is 6.09. The smallest absolute Gasteiger partial charge is 0.193 e. The van der Waals surface area contributed by atoms with Crippen molar-refractivity contribution in [3.05, 3.63) is 57.6 Å². The molecule has 3 nitrogen and oxygen atoms in total. The van der Waals surface area contributed by atoms with Crippen LogP contribution in [0.4, 0.5) is 5.69 Å². The Kier molecular flexibility index (Phi) is 4.45. The third kappa shape index (κ3) is 3.20. The van der Waals surface area contributed by atoms with Crippen molar-refractivity contribution in [1.29, 1.82) is 0 Å². The number of halogens is 1. The molecule has 0 saturated heterocycles. The fourth-order valence-electron chi connectivity index (χ4n) is 2.03. The van der Waals surface area contributed by atoms with Crippen LogP contribution in [0.25, 0.3) is 0 Å². The van der Waals surface area contributed by atoms with Crippen LogP contribution >= 0.6 is 15.9 Å². The lowest BCUT2D eigenvalue weighted by Gasteiger charge is -2.08. The summed E-state index contributed by atoms with van der Waals surface area (Å²) >= 11 is 3.42. The van der Waals surface area contributed by atoms with Gasteiger partial charge in [0, 0.05) is 16.8 Å². The fraction of sp³-hybridized carbons (Fsp3) is 0.188. The summed E-state index contributed by atoms with van der Waals surface area (Å²) in [4.78, 5) is 12.5. The summed E-state index contributed by atoms with van der Waals surface area (Å²) in [7, 11) is 0. The van der Waals surface area contributed by atoms with E-state index in [0.29, 0.717) is 23.4 Å². The van der Waals surface area contributed by atoms with Crippen LogP contribution in [-0.4, -0.2) is 12.4 Å². The Hall–Kier alpha value is -1.81. The van der Waals surface area contributed by atoms with Crippen molar-refractivity contribution in [2.24, 2.45) is 0 Å². The van der Waals surface area contributed by atoms with Crippen LogP contribution in [0.2, 0.25) is 0 Å². The second-order valence-electron chi connectivity index (χ2n) is 4.54. The monoisotopic (exact) mass is 333 g/mol. The van der Waals surface area contributed by atoms with E-state index in [0.717, 1.165) is 15.8 Å². The molecule has 2 N–H and O–H groups in total. The van der Waals surface area contributed by atoms with Gasteiger partial charge in [-0.1, -0.05) is 0 Å². The van der Waals surface area contributed by atoms with Gasteiger partial charge in [-0.2, -0.15) is 0 Å². The molecule has 0 amide bonds. The third-order valence-corrected chi connectivity index (χ3v) is 3.48. The van der Waals surface area contributed by atoms with E-state index < -0.39 is 0 Å². The van der Waals surface area contributed by atoms with E-state index >= 15 is 0 Å². The number of carbonyl (C=O) groups is 1. The lowest BCUT2D eigenvalue weighted by atomic mass is 10.0. The van der Waals surface area contributed by atoms with Gasteiger partial charge >= 0.3 is 0 Å². The Labute approximate surface area is 126 Å². The molecule has 2 aromatic carbocycles. The average Bonchev–Trinajstić information content (AvgIpc) is 2.39. The summed E-state index contributed by atoms with van der Waals surface area (Å²) in [5, 5.41) is 0. The normalized spacial score (nSPS) is 10.3. The van der Waals surface area contributed by atoms with Crippen LogP contribution in [0.5, 0.6) is 5.75 Å². The number of nitrogens with two attached hydrogens (primary N) is 1. The maximum atomic E-state index is 12.5. The largest absolute Gasteiger partial charge is 0.493 e. The molecule has 0 unspecified atom stereocenters. The molecular weight excluding hydrogens is 318 g/mol. The third-order valence-electron chi connectivity index (χ3n) is 2.86. The van der Waals surface area contributed by atoms with Crippen molar-refractivity contribution in [3.8, 4) is 5.75 Å². The van der Waals surface area contributed by atoms with Gasteiger partial charge in [0.05, 0.1) is 11.1 Å². The zero-order valence-corrected chi connectivity index (χ0v) is 13.0. The first-order chi connectivity index (χ1) is 9.51. The first-order valence-electron chi connectivity index (χ1n) is 6.35. The molecule has 0 saturated carbocycles. The molecule has 2 rings (SSSR count). The molecule has 0 heterocycles. The van der Waals surface area contributed by atoms with Crippen LogP contribution in [0.1, 0.15) is 28.4 Å². The molecule has 104 valence electrons. The van der Waals surface area contributed by atoms with E-state index in [1.54, 1.807) is 24.3 Å². The SMILES string of the molecule is CCOc1ccc(C(=O)c2cc(C)cc(N)c2)cc1Br. The highest BCUT2D eigenvalue weighted by atomic mass is 79.9. The zero-order valence-electron chi connectivity index (χ0n) is 11.4. The van der Waals surface area contributed by atoms with Gasteiger partial charge in [-0.05, 0) is 71.7 Å². The van der Waals surface area contributed by atoms with Gasteiger partial charge in [-0.25, -0.2) is 0 Å². The Balaban J connectivity index is 2.36. The molecule has 0 atom stereocenters. The fourth-order valence-corrected chi connectivity index (χ4v) is 2.52. The van der Waals surface area contributed by atoms with Crippen molar-refractivity contribution in [2.75, 3.05) is 12.3 Å². The second-order valence-corrected chi connectivity index (χ2v) is 5.39. The molecule has 0 spiro atoms. The highest BCUT2D eigenvalue weighted by molar-refractivity contribution is 9.10. The van der Waals surface area contributed by atoms with Gasteiger partial charge in [0.15, 0.2) is 5.78 Å². The average molecular weight is 334 g/mol. The Morgan fingerprint density at radius 1 is 1.20 bits per heavy atom. The minimum atomic E-state index is -0.0517. The quantitative estimate of drug-likeness (QED) is 0.680. The summed E-state index contributed by atoms with van der Waals surface area (Å²) in [6.07, 6.45) is 0. The molecular formula is C16H16BrNO2. The van der Waals surface area contributed by atoms with Crippen LogP contribution in [0.15, 0.2) is 40.9 Å². The molecule has 0 radical (unpaired) electrons. The number of hydrogen-bond acceptors (Lipinski definition) is 3. The highest BCUT2D eigenvalue weighted by Gasteiger charge is 2.12. The predicted octanol–water partition coefficient (Wildman–Crippen LogP) is 3.97. The Bertz CT molecular complexity index is 633. The number of ketones is 1. The van der Waals surface area contributed by atoms with Gasteiger partial charge in [0.25, 0.3) is 0 Å². The number of nitrogen functional groups attached to an aromatic ring is 1. The minimum absolute atomic E-state index is 0.0517. The van der Waals surface area contributed by atoms with Crippen molar-refractivity contribution in [3.63, 3.8) is 0 Å². The van der Waals surface area contributed by atoms with Gasteiger partial charge in [0.1, 0.15) is 5.75 Å². The van der Waals surface area contributed by atoms with Crippen LogP contribution in [-0.2, 0) is 0 Å². The summed E-state index contributed by atoms with van der Waals surface area (Å²) in [6.45, 7) is 4.42. The van der Waals surface area contributed by atoms with Crippen molar-refractivity contribution >= 4 is 27.4 Å². The lowest BCUT2D eigenvalue weighted by molar-refractivity contribution is 0.103. The van der Waals surface area contributed by atoms with Crippen molar-refractivity contribution in [2.45, 2.75) is 13.8 Å². The van der Waals surface area contributed by atoms with E-state index in [9.17, 15) is 4.79 Å². The number of carbonyl (C=O) groups excluding carboxylic acids is 1. The number of rotatable bonds is 4. The van der Waals surface area contributed by atoms with Crippen molar-refractivity contribution in [1.82, 2.24) is 0 Å². The molecule has 0 aliphatic carbocycles. The number of benzene rings is 2. The molecule has 0 aromatic heterocycles. The van der Waals surface area contributed by atoms with Crippen LogP contribution in [0.3, 0.4) is 0 Å². The standard InChI is InChI=1S/C16H16BrNO2/c1-3-20-15-5-4-11(9-14(15)17)16(19)12-6-10(2)7-13(18)8-12/h4-9H,3,18H2,1-2H3. The first-order valence-corrected chi connectivity index (χ1v) is 7.14. The molecule has 20 heavy (non-hydrogen) atoms. The Morgan fingerprint density at radius 3 is 2.55 bits per heavy atom. The number of hydrogen-bond donors (Lipinski definition) is 1. The van der Waals surface area contributed by atoms with Gasteiger partial charge in [-0.15, -0.1) is 0 Å². The molecule has 4 heteroatoms. The van der Waals surface area contributed by atoms with Crippen LogP contribution < -0.4 is 10.5 Å². The van der Waals surface area contributed by atoms with E-state index in [1.165, 1.54) is 0 Å². The predicted molar refractivity (Wildman–Crippen MR) is 84.3 cm³/mol. The number of aryl methyl sites for hydroxylation is 1. The summed E-state index contributed by atoms with van der Waals surface area (Å²) < 4.78 is 6.21. The van der Waals surface area contributed by atoms with Gasteiger partial charge in [-0.3, -0.25) is 4.79 Å². The van der Waals surface area contributed by atoms with E-state index in [-0.39, 0.29) is 5.78 Å². The van der Waals surface area contributed by atoms with E-state index in [2.05, 4.69) is 15.9 Å². The topological polar surface area (TPSA) is 52.3 Å². The number of anilines is 1. The highest BCUT2D eigenvalue weighted by Crippen LogP contribution is 2.27. The molecule has 0 fully saturated rings. The van der Waals surface area contributed by atoms with Crippen LogP contribution in [0, 0.1) is 6.92 Å². The summed E-state index contributed by atoms with van der Waals surface area (Å²) in [5.74, 6) is 0.678. The van der Waals surface area contributed by atoms with E-state index in [4.69, 9.17) is 10.5 Å². The summed E-state index contributed by atoms with van der Waals surface area (Å²) in [6, 6.07) is 10.7. The Morgan fingerprint density at radius 2 is 1.95 bits per heavy atom. The van der Waals surface area contributed by atoms with Gasteiger partial charge < -0.3 is 10.5 Å². The maximum Gasteiger partial charge on any atom is 0.193 e. The first kappa shape index (κ1) is 14.6. The lowest BCUT2D eigenvalue weighted by Crippen LogP contribution is -2.03. The molecule has 0 aliphatic heterocycles. The van der Waals surface area contributed by atoms with Crippen molar-refractivity contribution < 1.29 is 9.53 Å². The molecule has 2 aromatic rings. The maximum absolute atomic E-state index is 12.5.